The summed E-state index contributed by atoms with van der Waals surface area (Å²) in [7, 11) is 0. The molecule has 0 fully saturated rings. The van der Waals surface area contributed by atoms with E-state index in [4.69, 9.17) is 23.2 Å². The molecule has 130 valence electrons. The lowest BCUT2D eigenvalue weighted by molar-refractivity contribution is 0.0955. The maximum Gasteiger partial charge on any atom is 0.271 e. The van der Waals surface area contributed by atoms with Gasteiger partial charge in [0.1, 0.15) is 0 Å². The average molecular weight is 401 g/mol. The van der Waals surface area contributed by atoms with Crippen LogP contribution in [0.25, 0.3) is 0 Å². The number of halogens is 2. The Labute approximate surface area is 166 Å². The minimum atomic E-state index is -0.284. The van der Waals surface area contributed by atoms with Crippen LogP contribution < -0.4 is 5.43 Å². The van der Waals surface area contributed by atoms with Crippen LogP contribution in [0.3, 0.4) is 0 Å². The summed E-state index contributed by atoms with van der Waals surface area (Å²) in [6.45, 7) is 0. The molecular formula is C20H14Cl2N2OS. The number of hydrazone groups is 1. The van der Waals surface area contributed by atoms with Crippen molar-refractivity contribution >= 4 is 47.1 Å². The van der Waals surface area contributed by atoms with Crippen LogP contribution >= 0.6 is 35.0 Å². The molecule has 1 N–H and O–H groups in total. The van der Waals surface area contributed by atoms with Crippen molar-refractivity contribution in [3.05, 3.63) is 94.0 Å². The van der Waals surface area contributed by atoms with E-state index in [1.54, 1.807) is 42.2 Å². The molecule has 0 heterocycles. The normalized spacial score (nSPS) is 10.8. The maximum atomic E-state index is 11.9. The molecule has 0 radical (unpaired) electrons. The van der Waals surface area contributed by atoms with Gasteiger partial charge in [0, 0.05) is 25.4 Å². The lowest BCUT2D eigenvalue weighted by Gasteiger charge is -2.03. The number of nitrogens with one attached hydrogen (secondary N) is 1. The van der Waals surface area contributed by atoms with Crippen LogP contribution in [0.5, 0.6) is 0 Å². The van der Waals surface area contributed by atoms with Gasteiger partial charge in [0.05, 0.1) is 6.21 Å². The first-order valence-corrected chi connectivity index (χ1v) is 9.30. The van der Waals surface area contributed by atoms with E-state index < -0.39 is 0 Å². The second-order valence-corrected chi connectivity index (χ2v) is 7.35. The van der Waals surface area contributed by atoms with Gasteiger partial charge in [-0.25, -0.2) is 5.43 Å². The van der Waals surface area contributed by atoms with Gasteiger partial charge in [0.2, 0.25) is 0 Å². The number of rotatable bonds is 5. The van der Waals surface area contributed by atoms with Gasteiger partial charge >= 0.3 is 0 Å². The molecule has 0 saturated heterocycles. The fraction of sp³-hybridized carbons (Fsp3) is 0. The van der Waals surface area contributed by atoms with Crippen molar-refractivity contribution in [2.24, 2.45) is 5.10 Å². The number of amides is 1. The number of hydrogen-bond acceptors (Lipinski definition) is 3. The summed E-state index contributed by atoms with van der Waals surface area (Å²) in [5, 5.41) is 5.29. The second kappa shape index (κ2) is 8.90. The van der Waals surface area contributed by atoms with Gasteiger partial charge in [-0.2, -0.15) is 5.10 Å². The van der Waals surface area contributed by atoms with Gasteiger partial charge < -0.3 is 0 Å². The van der Waals surface area contributed by atoms with Gasteiger partial charge in [-0.3, -0.25) is 4.79 Å². The Kier molecular flexibility index (Phi) is 6.34. The van der Waals surface area contributed by atoms with Crippen LogP contribution in [0.2, 0.25) is 10.0 Å². The Balaban J connectivity index is 1.56. The average Bonchev–Trinajstić information content (AvgIpc) is 2.65. The minimum absolute atomic E-state index is 0.284. The van der Waals surface area contributed by atoms with Crippen LogP contribution in [0.4, 0.5) is 0 Å². The molecule has 0 aliphatic carbocycles. The summed E-state index contributed by atoms with van der Waals surface area (Å²) in [5.74, 6) is -0.284. The van der Waals surface area contributed by atoms with Crippen molar-refractivity contribution in [3.63, 3.8) is 0 Å². The third-order valence-corrected chi connectivity index (χ3v) is 4.94. The smallest absolute Gasteiger partial charge is 0.267 e. The summed E-state index contributed by atoms with van der Waals surface area (Å²) in [4.78, 5) is 14.2. The Bertz CT molecular complexity index is 908. The first-order valence-electron chi connectivity index (χ1n) is 7.72. The van der Waals surface area contributed by atoms with E-state index in [0.717, 1.165) is 20.4 Å². The monoisotopic (exact) mass is 400 g/mol. The number of carbonyl (C=O) groups is 1. The third-order valence-electron chi connectivity index (χ3n) is 3.42. The summed E-state index contributed by atoms with van der Waals surface area (Å²) in [6, 6.07) is 22.2. The van der Waals surface area contributed by atoms with Crippen molar-refractivity contribution in [3.8, 4) is 0 Å². The molecule has 0 spiro atoms. The summed E-state index contributed by atoms with van der Waals surface area (Å²) in [5.41, 5.74) is 3.89. The molecule has 3 aromatic rings. The molecule has 1 amide bonds. The molecule has 0 bridgehead atoms. The maximum absolute atomic E-state index is 11.9. The molecule has 26 heavy (non-hydrogen) atoms. The lowest BCUT2D eigenvalue weighted by atomic mass is 10.2. The van der Waals surface area contributed by atoms with Crippen LogP contribution in [-0.2, 0) is 0 Å². The Morgan fingerprint density at radius 2 is 1.31 bits per heavy atom. The predicted octanol–water partition coefficient (Wildman–Crippen LogP) is 5.91. The van der Waals surface area contributed by atoms with E-state index in [1.165, 1.54) is 0 Å². The van der Waals surface area contributed by atoms with Crippen LogP contribution in [0, 0.1) is 0 Å². The van der Waals surface area contributed by atoms with Gasteiger partial charge in [-0.05, 0) is 66.2 Å². The van der Waals surface area contributed by atoms with Crippen molar-refractivity contribution in [1.29, 1.82) is 0 Å². The first-order chi connectivity index (χ1) is 12.6. The van der Waals surface area contributed by atoms with E-state index in [2.05, 4.69) is 10.5 Å². The van der Waals surface area contributed by atoms with E-state index in [-0.39, 0.29) is 5.91 Å². The van der Waals surface area contributed by atoms with Gasteiger partial charge in [0.15, 0.2) is 0 Å². The zero-order valence-electron chi connectivity index (χ0n) is 13.5. The topological polar surface area (TPSA) is 41.5 Å². The second-order valence-electron chi connectivity index (χ2n) is 5.33. The van der Waals surface area contributed by atoms with E-state index in [0.29, 0.717) is 10.6 Å². The molecule has 6 heteroatoms. The lowest BCUT2D eigenvalue weighted by Crippen LogP contribution is -2.17. The quantitative estimate of drug-likeness (QED) is 0.427. The van der Waals surface area contributed by atoms with Crippen molar-refractivity contribution in [2.75, 3.05) is 0 Å². The Morgan fingerprint density at radius 1 is 0.808 bits per heavy atom. The van der Waals surface area contributed by atoms with Crippen molar-refractivity contribution in [2.45, 2.75) is 9.79 Å². The fourth-order valence-electron chi connectivity index (χ4n) is 2.09. The Morgan fingerprint density at radius 3 is 1.88 bits per heavy atom. The highest BCUT2D eigenvalue weighted by molar-refractivity contribution is 7.99. The third kappa shape index (κ3) is 5.36. The molecule has 0 atom stereocenters. The van der Waals surface area contributed by atoms with Gasteiger partial charge in [0.25, 0.3) is 5.91 Å². The van der Waals surface area contributed by atoms with Crippen molar-refractivity contribution in [1.82, 2.24) is 5.43 Å². The number of nitrogens with zero attached hydrogens (tertiary/aromatic N) is 1. The standard InChI is InChI=1S/C20H14Cl2N2OS/c21-16-5-3-15(4-6-16)20(25)24-23-13-14-1-9-18(10-2-14)26-19-11-7-17(22)8-12-19/h1-13H,(H,24,25)/b23-13-. The van der Waals surface area contributed by atoms with E-state index >= 15 is 0 Å². The number of hydrogen-bond donors (Lipinski definition) is 1. The summed E-state index contributed by atoms with van der Waals surface area (Å²) in [6.07, 6.45) is 1.60. The van der Waals surface area contributed by atoms with Gasteiger partial charge in [-0.1, -0.05) is 47.1 Å². The summed E-state index contributed by atoms with van der Waals surface area (Å²) >= 11 is 13.3. The van der Waals surface area contributed by atoms with E-state index in [1.807, 2.05) is 48.5 Å². The predicted molar refractivity (Wildman–Crippen MR) is 109 cm³/mol. The highest BCUT2D eigenvalue weighted by Crippen LogP contribution is 2.28. The van der Waals surface area contributed by atoms with Gasteiger partial charge in [-0.15, -0.1) is 0 Å². The molecule has 3 rings (SSSR count). The molecule has 0 aliphatic rings. The highest BCUT2D eigenvalue weighted by Gasteiger charge is 2.03. The fourth-order valence-corrected chi connectivity index (χ4v) is 3.16. The SMILES string of the molecule is O=C(N/N=C\c1ccc(Sc2ccc(Cl)cc2)cc1)c1ccc(Cl)cc1. The number of carbonyl (C=O) groups excluding carboxylic acids is 1. The molecule has 3 aromatic carbocycles. The minimum Gasteiger partial charge on any atom is -0.267 e. The molecular weight excluding hydrogens is 387 g/mol. The molecule has 0 aromatic heterocycles. The molecule has 0 saturated carbocycles. The first kappa shape index (κ1) is 18.5. The largest absolute Gasteiger partial charge is 0.271 e. The van der Waals surface area contributed by atoms with Crippen LogP contribution in [-0.4, -0.2) is 12.1 Å². The zero-order valence-corrected chi connectivity index (χ0v) is 15.9. The molecule has 3 nitrogen and oxygen atoms in total. The number of benzene rings is 3. The van der Waals surface area contributed by atoms with Crippen LogP contribution in [0.15, 0.2) is 87.7 Å². The van der Waals surface area contributed by atoms with Crippen LogP contribution in [0.1, 0.15) is 15.9 Å². The van der Waals surface area contributed by atoms with Crippen molar-refractivity contribution < 1.29 is 4.79 Å². The highest BCUT2D eigenvalue weighted by atomic mass is 35.5. The molecule has 0 unspecified atom stereocenters. The Hall–Kier alpha value is -2.27. The zero-order chi connectivity index (χ0) is 18.4. The van der Waals surface area contributed by atoms with E-state index in [9.17, 15) is 4.79 Å². The summed E-state index contributed by atoms with van der Waals surface area (Å²) < 4.78 is 0. The molecule has 0 aliphatic heterocycles.